The maximum absolute atomic E-state index is 15.5. The molecule has 3 heterocycles. The highest BCUT2D eigenvalue weighted by Gasteiger charge is 2.64. The number of para-hydroxylation sites is 1. The van der Waals surface area contributed by atoms with E-state index in [9.17, 15) is 39.4 Å². The summed E-state index contributed by atoms with van der Waals surface area (Å²) in [6, 6.07) is -7.40. The second-order valence-corrected chi connectivity index (χ2v) is 30.9. The van der Waals surface area contributed by atoms with Gasteiger partial charge >= 0.3 is 11.9 Å². The first-order valence-corrected chi connectivity index (χ1v) is 36.0. The van der Waals surface area contributed by atoms with E-state index in [0.717, 1.165) is 62.2 Å². The minimum atomic E-state index is -2.22. The van der Waals surface area contributed by atoms with Gasteiger partial charge in [0.15, 0.2) is 6.17 Å². The number of anilines is 1. The van der Waals surface area contributed by atoms with Gasteiger partial charge in [0.2, 0.25) is 65.0 Å². The van der Waals surface area contributed by atoms with Gasteiger partial charge in [-0.2, -0.15) is 0 Å². The zero-order valence-corrected chi connectivity index (χ0v) is 66.6. The molecule has 12 amide bonds. The Labute approximate surface area is 618 Å². The Morgan fingerprint density at radius 3 is 1.45 bits per heavy atom. The zero-order valence-electron chi connectivity index (χ0n) is 66.6. The second-order valence-electron chi connectivity index (χ2n) is 30.9. The summed E-state index contributed by atoms with van der Waals surface area (Å²) in [5, 5.41) is 42.8. The van der Waals surface area contributed by atoms with E-state index in [1.807, 2.05) is 0 Å². The molecule has 0 radical (unpaired) electrons. The van der Waals surface area contributed by atoms with Crippen molar-refractivity contribution in [1.29, 1.82) is 0 Å². The molecule has 590 valence electrons. The zero-order chi connectivity index (χ0) is 80.8. The predicted molar refractivity (Wildman–Crippen MR) is 385 cm³/mol. The maximum atomic E-state index is 15.5. The molecule has 5 unspecified atom stereocenters. The van der Waals surface area contributed by atoms with Crippen LogP contribution in [0.25, 0.3) is 0 Å². The van der Waals surface area contributed by atoms with Crippen molar-refractivity contribution >= 4 is 88.5 Å². The molecule has 0 spiro atoms. The van der Waals surface area contributed by atoms with E-state index in [2.05, 4.69) is 10.6 Å². The van der Waals surface area contributed by atoms with E-state index < -0.39 is 228 Å². The molecule has 16 atom stereocenters. The average Bonchev–Trinajstić information content (AvgIpc) is 1.54. The average molecular weight is 1480 g/mol. The quantitative estimate of drug-likeness (QED) is 0.174. The molecule has 0 bridgehead atoms. The highest BCUT2D eigenvalue weighted by molar-refractivity contribution is 6.00. The molecule has 3 aliphatic heterocycles. The lowest BCUT2D eigenvalue weighted by molar-refractivity contribution is -0.175. The topological polar surface area (TPSA) is 378 Å². The van der Waals surface area contributed by atoms with Gasteiger partial charge in [0.05, 0.1) is 24.4 Å². The highest BCUT2D eigenvalue weighted by Crippen LogP contribution is 2.52. The largest absolute Gasteiger partial charge is 0.462 e. The Balaban J connectivity index is 2.04. The van der Waals surface area contributed by atoms with E-state index in [4.69, 9.17) is 9.47 Å². The molecular weight excluding hydrogens is 1360 g/mol. The lowest BCUT2D eigenvalue weighted by Gasteiger charge is -2.43. The second kappa shape index (κ2) is 35.7. The number of esters is 2. The third-order valence-electron chi connectivity index (χ3n) is 21.1. The van der Waals surface area contributed by atoms with Crippen LogP contribution in [0.2, 0.25) is 0 Å². The van der Waals surface area contributed by atoms with Crippen LogP contribution in [0.1, 0.15) is 149 Å². The van der Waals surface area contributed by atoms with Crippen molar-refractivity contribution in [3.63, 3.8) is 0 Å². The van der Waals surface area contributed by atoms with Crippen LogP contribution < -0.4 is 15.7 Å². The van der Waals surface area contributed by atoms with Gasteiger partial charge < -0.3 is 79.3 Å². The molecule has 32 heteroatoms. The standard InChI is InChI=1S/C73H119N13O19/c1-28-41(11)53-64(95)80(23)56(40(9)10)67(98)81(24)55(39(7)8)65(96)76(19)35-50(89)78(21)59(72(17,18)101)69(100)83(26)58(43(13)44(14)104-45(15)87)68(99)84(27)70(105-46(16)88)61(92)74-52(37(3)4)63(94)82(25)57(42(12)29-2)66(97)77(20)36-51(90)85-49(62(93)79(22)54(38(5)6)60(91)75-53)34-73(102)47-32-30-31-33-48(47)86(103)71(73)85/h30-33,37-44,49,52-59,70-71,101-103H,28-29,34-36H2,1-27H3,(H,74,92)(H,75,91)/t41?,42?,43?,44?,49-,52-,53-,54-,55-,56-,57-,58-,59+,70+,71?,73+/m0/s1. The third-order valence-corrected chi connectivity index (χ3v) is 21.1. The summed E-state index contributed by atoms with van der Waals surface area (Å²) in [4.78, 5) is 217. The summed E-state index contributed by atoms with van der Waals surface area (Å²) in [6.07, 6.45) is -5.04. The van der Waals surface area contributed by atoms with Crippen LogP contribution in [0.5, 0.6) is 0 Å². The van der Waals surface area contributed by atoms with E-state index in [0.29, 0.717) is 16.4 Å². The van der Waals surface area contributed by atoms with Gasteiger partial charge in [0.25, 0.3) is 12.1 Å². The van der Waals surface area contributed by atoms with Crippen molar-refractivity contribution < 1.29 is 92.0 Å². The summed E-state index contributed by atoms with van der Waals surface area (Å²) in [6.45, 7) is 25.8. The number of hydrogen-bond donors (Lipinski definition) is 5. The van der Waals surface area contributed by atoms with Gasteiger partial charge in [-0.05, 0) is 62.3 Å². The molecule has 32 nitrogen and oxygen atoms in total. The minimum absolute atomic E-state index is 0.110. The summed E-state index contributed by atoms with van der Waals surface area (Å²) < 4.78 is 11.1. The van der Waals surface area contributed by atoms with Gasteiger partial charge in [0, 0.05) is 95.2 Å². The molecule has 1 aromatic carbocycles. The van der Waals surface area contributed by atoms with Crippen molar-refractivity contribution in [1.82, 2.24) is 59.6 Å². The number of fused-ring (bicyclic) bond motifs is 5. The number of nitrogens with one attached hydrogen (secondary N) is 2. The number of likely N-dealkylation sites (N-methyl/N-ethyl adjacent to an activating group) is 9. The highest BCUT2D eigenvalue weighted by atomic mass is 16.6. The van der Waals surface area contributed by atoms with Crippen LogP contribution >= 0.6 is 0 Å². The molecular formula is C73H119N13O19. The maximum Gasteiger partial charge on any atom is 0.304 e. The lowest BCUT2D eigenvalue weighted by Crippen LogP contribution is -2.65. The summed E-state index contributed by atoms with van der Waals surface area (Å²) in [7, 11) is 11.3. The van der Waals surface area contributed by atoms with Gasteiger partial charge in [-0.1, -0.05) is 121 Å². The van der Waals surface area contributed by atoms with Crippen molar-refractivity contribution in [3.05, 3.63) is 29.8 Å². The first-order chi connectivity index (χ1) is 48.3. The fourth-order valence-corrected chi connectivity index (χ4v) is 14.8. The molecule has 3 aliphatic rings. The summed E-state index contributed by atoms with van der Waals surface area (Å²) in [5.41, 5.74) is -4.01. The number of hydroxylamine groups is 1. The van der Waals surface area contributed by atoms with Gasteiger partial charge in [-0.15, -0.1) is 0 Å². The summed E-state index contributed by atoms with van der Waals surface area (Å²) >= 11 is 0. The molecule has 2 fully saturated rings. The molecule has 5 N–H and O–H groups in total. The number of amides is 12. The van der Waals surface area contributed by atoms with Crippen molar-refractivity contribution in [2.75, 3.05) is 81.6 Å². The molecule has 4 rings (SSSR count). The first kappa shape index (κ1) is 88.9. The number of benzene rings is 1. The van der Waals surface area contributed by atoms with Gasteiger partial charge in [-0.25, -0.2) is 5.06 Å². The fourth-order valence-electron chi connectivity index (χ4n) is 14.8. The van der Waals surface area contributed by atoms with E-state index in [1.54, 1.807) is 95.2 Å². The van der Waals surface area contributed by atoms with Gasteiger partial charge in [-0.3, -0.25) is 72.3 Å². The summed E-state index contributed by atoms with van der Waals surface area (Å²) in [5.74, 6) is -18.1. The minimum Gasteiger partial charge on any atom is -0.462 e. The number of ether oxygens (including phenoxy) is 2. The van der Waals surface area contributed by atoms with Crippen LogP contribution in [-0.4, -0.2) is 302 Å². The smallest absolute Gasteiger partial charge is 0.304 e. The Morgan fingerprint density at radius 1 is 0.524 bits per heavy atom. The Bertz CT molecular complexity index is 3400. The first-order valence-electron chi connectivity index (χ1n) is 36.0. The van der Waals surface area contributed by atoms with E-state index in [-0.39, 0.29) is 17.7 Å². The van der Waals surface area contributed by atoms with Crippen LogP contribution in [0.4, 0.5) is 5.69 Å². The van der Waals surface area contributed by atoms with Crippen molar-refractivity contribution in [2.45, 2.75) is 228 Å². The fraction of sp³-hybridized carbons (Fsp3) is 0.726. The molecule has 0 aliphatic carbocycles. The molecule has 1 aromatic rings. The number of rotatable bonds is 13. The monoisotopic (exact) mass is 1480 g/mol. The normalized spacial score (nSPS) is 28.1. The molecule has 105 heavy (non-hydrogen) atoms. The van der Waals surface area contributed by atoms with Crippen LogP contribution in [0.3, 0.4) is 0 Å². The number of hydrogen-bond acceptors (Lipinski definition) is 20. The number of carbonyl (C=O) groups excluding carboxylic acids is 14. The molecule has 0 saturated carbocycles. The van der Waals surface area contributed by atoms with Crippen LogP contribution in [0, 0.1) is 41.4 Å². The molecule has 2 saturated heterocycles. The Hall–Kier alpha value is -8.52. The van der Waals surface area contributed by atoms with E-state index in [1.165, 1.54) is 99.0 Å². The number of carbonyl (C=O) groups is 14. The number of nitrogens with zero attached hydrogens (tertiary/aromatic N) is 11. The predicted octanol–water partition coefficient (Wildman–Crippen LogP) is 1.29. The van der Waals surface area contributed by atoms with Crippen molar-refractivity contribution in [3.8, 4) is 0 Å². The van der Waals surface area contributed by atoms with E-state index >= 15 is 43.2 Å². The Morgan fingerprint density at radius 2 is 0.962 bits per heavy atom. The van der Waals surface area contributed by atoms with Gasteiger partial charge in [0.1, 0.15) is 66.1 Å². The third kappa shape index (κ3) is 19.0. The molecule has 0 aromatic heterocycles. The lowest BCUT2D eigenvalue weighted by atomic mass is 9.90. The van der Waals surface area contributed by atoms with Crippen LogP contribution in [-0.2, 0) is 82.2 Å². The van der Waals surface area contributed by atoms with Crippen LogP contribution in [0.15, 0.2) is 24.3 Å². The number of aliphatic hydroxyl groups is 2. The SMILES string of the molecule is CCC(C)[C@@H]1NC(=O)[C@H](C(C)C)N(C)C(=O)[C@@H]2C[C@@]3(O)c4ccccc4N(O)C3N2C(=O)CN(C)C(=O)[C@H](C(C)CC)N(C)C(=O)[C@H](C(C)C)NC(=O)[C@@H](OC(C)=O)N(C)C(=O)[C@H](C(C)C(C)OC(C)=O)N(C)C(=O)[C@H](C(C)(C)O)N(C)C(=O)CN(C)C(=O)[C@H](C(C)C)N(C)C(=O)[C@H](C(C)C)N(C)C1=O. The van der Waals surface area contributed by atoms with Crippen molar-refractivity contribution in [2.24, 2.45) is 41.4 Å². The Kier molecular flexibility index (Phi) is 30.2.